The summed E-state index contributed by atoms with van der Waals surface area (Å²) in [7, 11) is 1.41. The second-order valence-corrected chi connectivity index (χ2v) is 9.82. The number of nitrogens with two attached hydrogens (primary N) is 1. The Balaban J connectivity index is 0.000000233. The molecule has 0 spiro atoms. The zero-order chi connectivity index (χ0) is 34.2. The number of carbonyl (C=O) groups is 1. The van der Waals surface area contributed by atoms with Crippen LogP contribution in [0.1, 0.15) is 54.2 Å². The summed E-state index contributed by atoms with van der Waals surface area (Å²) < 4.78 is 79.1. The quantitative estimate of drug-likeness (QED) is 0.119. The van der Waals surface area contributed by atoms with Crippen molar-refractivity contribution in [2.24, 2.45) is 4.99 Å². The Labute approximate surface area is 266 Å². The van der Waals surface area contributed by atoms with Gasteiger partial charge in [0.25, 0.3) is 5.89 Å². The summed E-state index contributed by atoms with van der Waals surface area (Å²) >= 11 is 0. The topological polar surface area (TPSA) is 120 Å². The average Bonchev–Trinajstić information content (AvgIpc) is 3.76. The van der Waals surface area contributed by atoms with Gasteiger partial charge in [0.1, 0.15) is 29.2 Å². The monoisotopic (exact) mass is 654 g/mol. The predicted molar refractivity (Wildman–Crippen MR) is 166 cm³/mol. The highest BCUT2D eigenvalue weighted by Gasteiger charge is 2.25. The summed E-state index contributed by atoms with van der Waals surface area (Å²) in [6.07, 6.45) is 3.40. The van der Waals surface area contributed by atoms with Crippen LogP contribution in [0.2, 0.25) is 0 Å². The molecule has 246 valence electrons. The first kappa shape index (κ1) is 34.5. The number of halogens is 5. The minimum absolute atomic E-state index is 0.0178. The number of aryl methyl sites for hydroxylation is 1. The number of oxazole rings is 1. The van der Waals surface area contributed by atoms with Crippen molar-refractivity contribution in [2.75, 3.05) is 25.9 Å². The number of fused-ring (bicyclic) bond motifs is 1. The second-order valence-electron chi connectivity index (χ2n) is 9.82. The lowest BCUT2D eigenvalue weighted by molar-refractivity contribution is 0.0755. The Bertz CT molecular complexity index is 1850. The lowest BCUT2D eigenvalue weighted by Gasteiger charge is -2.13. The number of ether oxygens (including phenoxy) is 1. The maximum atomic E-state index is 14.7. The average molecular weight is 655 g/mol. The van der Waals surface area contributed by atoms with Gasteiger partial charge in [-0.3, -0.25) is 9.79 Å². The fraction of sp³-hybridized carbons (Fsp3) is 0.242. The van der Waals surface area contributed by atoms with Crippen molar-refractivity contribution >= 4 is 28.5 Å². The summed E-state index contributed by atoms with van der Waals surface area (Å²) in [5.41, 5.74) is 8.15. The highest BCUT2D eigenvalue weighted by molar-refractivity contribution is 6.16. The zero-order valence-electron chi connectivity index (χ0n) is 26.0. The van der Waals surface area contributed by atoms with Gasteiger partial charge in [0.05, 0.1) is 17.0 Å². The van der Waals surface area contributed by atoms with Crippen molar-refractivity contribution in [3.05, 3.63) is 107 Å². The number of likely N-dealkylation sites (tertiary alicyclic amines) is 1. The maximum Gasteiger partial charge on any atom is 0.309 e. The molecule has 1 aliphatic rings. The van der Waals surface area contributed by atoms with E-state index in [9.17, 15) is 26.7 Å². The largest absolute Gasteiger partial charge is 0.451 e. The number of hydrogen-bond acceptors (Lipinski definition) is 8. The Morgan fingerprint density at radius 2 is 1.60 bits per heavy atom. The number of aromatic nitrogens is 3. The molecule has 2 N–H and O–H groups in total. The molecule has 1 amide bonds. The molecule has 5 aromatic rings. The normalized spacial score (nSPS) is 12.7. The Hall–Kier alpha value is -5.40. The zero-order valence-corrected chi connectivity index (χ0v) is 26.0. The third-order valence-corrected chi connectivity index (χ3v) is 6.88. The molecule has 3 aromatic carbocycles. The number of nitrogens with zero attached hydrogens (tertiary/aromatic N) is 5. The molecule has 0 radical (unpaired) electrons. The van der Waals surface area contributed by atoms with Crippen LogP contribution < -0.4 is 10.5 Å². The van der Waals surface area contributed by atoms with Crippen LogP contribution in [0.4, 0.5) is 27.8 Å². The first-order valence-corrected chi connectivity index (χ1v) is 14.6. The van der Waals surface area contributed by atoms with E-state index in [1.165, 1.54) is 19.4 Å². The van der Waals surface area contributed by atoms with Crippen LogP contribution in [-0.4, -0.2) is 51.6 Å². The number of para-hydroxylation sites is 2. The Morgan fingerprint density at radius 1 is 0.936 bits per heavy atom. The van der Waals surface area contributed by atoms with Crippen molar-refractivity contribution < 1.29 is 35.9 Å². The number of carbonyl (C=O) groups excluding carboxylic acids is 1. The van der Waals surface area contributed by atoms with E-state index >= 15 is 0 Å². The van der Waals surface area contributed by atoms with Crippen molar-refractivity contribution in [3.8, 4) is 11.5 Å². The summed E-state index contributed by atoms with van der Waals surface area (Å²) in [5, 5.41) is 0. The third-order valence-electron chi connectivity index (χ3n) is 6.88. The van der Waals surface area contributed by atoms with Gasteiger partial charge in [0, 0.05) is 37.8 Å². The minimum Gasteiger partial charge on any atom is -0.451 e. The Morgan fingerprint density at radius 3 is 2.19 bits per heavy atom. The molecule has 0 bridgehead atoms. The lowest BCUT2D eigenvalue weighted by atomic mass is 10.0. The summed E-state index contributed by atoms with van der Waals surface area (Å²) in [5.74, 6) is -9.17. The van der Waals surface area contributed by atoms with Gasteiger partial charge in [-0.1, -0.05) is 26.0 Å². The van der Waals surface area contributed by atoms with E-state index in [0.717, 1.165) is 43.6 Å². The van der Waals surface area contributed by atoms with Gasteiger partial charge in [-0.15, -0.1) is 0 Å². The molecule has 0 saturated carbocycles. The minimum atomic E-state index is -1.74. The molecule has 3 heterocycles. The van der Waals surface area contributed by atoms with Crippen LogP contribution in [0.5, 0.6) is 11.5 Å². The van der Waals surface area contributed by atoms with Crippen LogP contribution in [-0.2, 0) is 0 Å². The van der Waals surface area contributed by atoms with E-state index in [-0.39, 0.29) is 35.0 Å². The molecule has 1 saturated heterocycles. The van der Waals surface area contributed by atoms with E-state index in [1.54, 1.807) is 11.8 Å². The number of hydrogen-bond donors (Lipinski definition) is 1. The van der Waals surface area contributed by atoms with E-state index in [4.69, 9.17) is 14.9 Å². The van der Waals surface area contributed by atoms with Crippen LogP contribution in [0.15, 0.2) is 64.3 Å². The molecular weight excluding hydrogens is 623 g/mol. The lowest BCUT2D eigenvalue weighted by Crippen LogP contribution is -2.27. The summed E-state index contributed by atoms with van der Waals surface area (Å²) in [6, 6.07) is 10.6. The van der Waals surface area contributed by atoms with Gasteiger partial charge in [-0.2, -0.15) is 8.78 Å². The number of nitrogen functional groups attached to an aromatic ring is 1. The molecule has 6 rings (SSSR count). The molecule has 0 atom stereocenters. The molecule has 0 aliphatic carbocycles. The molecule has 2 aromatic heterocycles. The highest BCUT2D eigenvalue weighted by Crippen LogP contribution is 2.32. The van der Waals surface area contributed by atoms with Crippen LogP contribution in [0.3, 0.4) is 0 Å². The number of amides is 1. The fourth-order valence-electron chi connectivity index (χ4n) is 4.68. The highest BCUT2D eigenvalue weighted by atomic mass is 19.2. The van der Waals surface area contributed by atoms with Gasteiger partial charge in [0.15, 0.2) is 17.2 Å². The smallest absolute Gasteiger partial charge is 0.309 e. The van der Waals surface area contributed by atoms with Crippen molar-refractivity contribution in [1.82, 2.24) is 19.9 Å². The predicted octanol–water partition coefficient (Wildman–Crippen LogP) is 7.41. The Kier molecular flexibility index (Phi) is 11.2. The van der Waals surface area contributed by atoms with Gasteiger partial charge in [-0.25, -0.2) is 28.1 Å². The van der Waals surface area contributed by atoms with Gasteiger partial charge in [-0.05, 0) is 44.0 Å². The number of anilines is 1. The summed E-state index contributed by atoms with van der Waals surface area (Å²) in [4.78, 5) is 29.9. The van der Waals surface area contributed by atoms with E-state index in [1.807, 2.05) is 38.1 Å². The first-order chi connectivity index (χ1) is 22.6. The first-order valence-electron chi connectivity index (χ1n) is 14.6. The molecule has 9 nitrogen and oxygen atoms in total. The van der Waals surface area contributed by atoms with Crippen LogP contribution >= 0.6 is 0 Å². The van der Waals surface area contributed by atoms with Crippen molar-refractivity contribution in [2.45, 2.75) is 33.6 Å². The van der Waals surface area contributed by atoms with E-state index in [2.05, 4.69) is 19.9 Å². The molecule has 1 aliphatic heterocycles. The van der Waals surface area contributed by atoms with Crippen molar-refractivity contribution in [3.63, 3.8) is 0 Å². The second kappa shape index (κ2) is 15.3. The maximum absolute atomic E-state index is 14.7. The molecule has 1 fully saturated rings. The van der Waals surface area contributed by atoms with Gasteiger partial charge >= 0.3 is 5.91 Å². The van der Waals surface area contributed by atoms with E-state index in [0.29, 0.717) is 16.8 Å². The van der Waals surface area contributed by atoms with E-state index < -0.39 is 40.6 Å². The molecular formula is C33H31F5N6O3. The standard InChI is InChI=1S/C19H13F5N4O.C12H12N2O2.C2H6/c1-8-14(19(25)28-7-27-8)17(26-2)10-4-3-9(5-11(10)20)29-18-15(23)12(21)6-13(22)16(18)24;15-12(14-7-3-4-8-14)11-13-9-5-1-2-6-10(9)16-11;1-2/h3-7H,1-2H3,(H2,25,27,28);1-2,5-6H,3-4,7-8H2;1-2H3. The van der Waals surface area contributed by atoms with Gasteiger partial charge in [0.2, 0.25) is 17.4 Å². The third kappa shape index (κ3) is 7.54. The van der Waals surface area contributed by atoms with Crippen LogP contribution in [0.25, 0.3) is 11.1 Å². The molecule has 47 heavy (non-hydrogen) atoms. The number of benzene rings is 3. The molecule has 0 unspecified atom stereocenters. The number of rotatable bonds is 5. The SMILES string of the molecule is CC.CN=C(c1ccc(Oc2c(F)c(F)cc(F)c2F)cc1F)c1c(C)ncnc1N.O=C(c1nc2ccccc2o1)N1CCCC1. The number of aliphatic imine (C=N–C) groups is 1. The van der Waals surface area contributed by atoms with Gasteiger partial charge < -0.3 is 19.8 Å². The van der Waals surface area contributed by atoms with Crippen LogP contribution in [0, 0.1) is 36.0 Å². The molecule has 14 heteroatoms. The fourth-order valence-corrected chi connectivity index (χ4v) is 4.68. The van der Waals surface area contributed by atoms with Crippen molar-refractivity contribution in [1.29, 1.82) is 0 Å². The summed E-state index contributed by atoms with van der Waals surface area (Å²) in [6.45, 7) is 7.27.